The minimum atomic E-state index is -3.87. The number of aryl methyl sites for hydroxylation is 1. The smallest absolute Gasteiger partial charge is 0.330 e. The number of nitrogens with one attached hydrogen (secondary N) is 1. The molecule has 0 unspecified atom stereocenters. The second kappa shape index (κ2) is 13.2. The van der Waals surface area contributed by atoms with Crippen molar-refractivity contribution in [2.45, 2.75) is 77.0 Å². The third-order valence-electron chi connectivity index (χ3n) is 8.27. The molecule has 1 aliphatic carbocycles. The van der Waals surface area contributed by atoms with Gasteiger partial charge in [0, 0.05) is 19.0 Å². The molecule has 236 valence electrons. The summed E-state index contributed by atoms with van der Waals surface area (Å²) in [5, 5.41) is 4.78. The van der Waals surface area contributed by atoms with Crippen LogP contribution in [0.15, 0.2) is 27.9 Å². The van der Waals surface area contributed by atoms with Gasteiger partial charge in [0.25, 0.3) is 5.56 Å². The SMILES string of the molecule is CCOc1ccc(S(=O)(=O)N2CCC(CP(=O)(OCC)OCC)CC2)cc1-c1nn2c(C3CCCC3)nc(C)c2c(=O)[nH]1. The number of ether oxygens (including phenoxy) is 1. The maximum Gasteiger partial charge on any atom is 0.330 e. The Labute approximate surface area is 252 Å². The van der Waals surface area contributed by atoms with Crippen molar-refractivity contribution in [2.75, 3.05) is 39.1 Å². The maximum atomic E-state index is 13.8. The molecule has 2 fully saturated rings. The zero-order chi connectivity index (χ0) is 30.8. The van der Waals surface area contributed by atoms with Gasteiger partial charge in [-0.3, -0.25) is 9.36 Å². The topological polar surface area (TPSA) is 145 Å². The Hall–Kier alpha value is -2.57. The predicted molar refractivity (Wildman–Crippen MR) is 163 cm³/mol. The molecule has 1 N–H and O–H groups in total. The Morgan fingerprint density at radius 3 is 2.33 bits per heavy atom. The molecule has 1 aliphatic heterocycles. The van der Waals surface area contributed by atoms with Gasteiger partial charge < -0.3 is 18.8 Å². The van der Waals surface area contributed by atoms with Gasteiger partial charge in [-0.05, 0) is 77.5 Å². The van der Waals surface area contributed by atoms with Crippen LogP contribution in [0, 0.1) is 12.8 Å². The van der Waals surface area contributed by atoms with E-state index >= 15 is 0 Å². The highest BCUT2D eigenvalue weighted by Crippen LogP contribution is 2.51. The number of rotatable bonds is 12. The molecule has 3 aromatic rings. The highest BCUT2D eigenvalue weighted by Gasteiger charge is 2.35. The summed E-state index contributed by atoms with van der Waals surface area (Å²) in [5.41, 5.74) is 1.06. The van der Waals surface area contributed by atoms with Crippen molar-refractivity contribution < 1.29 is 26.8 Å². The summed E-state index contributed by atoms with van der Waals surface area (Å²) in [6, 6.07) is 4.66. The first kappa shape index (κ1) is 31.8. The van der Waals surface area contributed by atoms with E-state index in [2.05, 4.69) is 4.98 Å². The average molecular weight is 636 g/mol. The van der Waals surface area contributed by atoms with Crippen molar-refractivity contribution in [2.24, 2.45) is 5.92 Å². The third kappa shape index (κ3) is 6.61. The van der Waals surface area contributed by atoms with Gasteiger partial charge in [0.1, 0.15) is 11.6 Å². The largest absolute Gasteiger partial charge is 0.493 e. The van der Waals surface area contributed by atoms with Crippen LogP contribution in [-0.2, 0) is 23.6 Å². The Kier molecular flexibility index (Phi) is 9.77. The van der Waals surface area contributed by atoms with Crippen LogP contribution in [-0.4, -0.2) is 71.4 Å². The average Bonchev–Trinajstić information content (AvgIpc) is 3.62. The molecule has 0 amide bonds. The zero-order valence-corrected chi connectivity index (χ0v) is 27.1. The van der Waals surface area contributed by atoms with Crippen molar-refractivity contribution in [1.82, 2.24) is 23.9 Å². The molecule has 5 rings (SSSR count). The van der Waals surface area contributed by atoms with Gasteiger partial charge in [-0.1, -0.05) is 12.8 Å². The van der Waals surface area contributed by atoms with Crippen LogP contribution in [0.25, 0.3) is 16.9 Å². The number of benzene rings is 1. The van der Waals surface area contributed by atoms with E-state index in [4.69, 9.17) is 23.9 Å². The second-order valence-electron chi connectivity index (χ2n) is 11.2. The quantitative estimate of drug-likeness (QED) is 0.268. The number of hydrogen-bond acceptors (Lipinski definition) is 9. The second-order valence-corrected chi connectivity index (χ2v) is 15.2. The fourth-order valence-electron chi connectivity index (χ4n) is 6.23. The van der Waals surface area contributed by atoms with E-state index in [0.29, 0.717) is 55.2 Å². The Balaban J connectivity index is 1.45. The van der Waals surface area contributed by atoms with Gasteiger partial charge in [0.05, 0.1) is 42.1 Å². The number of imidazole rings is 1. The standard InChI is InChI=1S/C29H42N5O7PS/c1-5-39-25-13-12-23(43(37,38)33-16-14-21(15-17-33)19-42(36,40-6-2)41-7-3)18-24(25)27-31-29(35)26-20(4)30-28(34(26)32-27)22-10-8-9-11-22/h12-13,18,21-22H,5-11,14-17,19H2,1-4H3,(H,31,32,35). The molecule has 0 spiro atoms. The summed E-state index contributed by atoms with van der Waals surface area (Å²) in [7, 11) is -7.09. The summed E-state index contributed by atoms with van der Waals surface area (Å²) in [5.74, 6) is 1.65. The van der Waals surface area contributed by atoms with Crippen LogP contribution in [0.5, 0.6) is 5.75 Å². The first-order valence-electron chi connectivity index (χ1n) is 15.2. The monoisotopic (exact) mass is 635 g/mol. The molecule has 0 bridgehead atoms. The van der Waals surface area contributed by atoms with Crippen molar-refractivity contribution in [3.05, 3.63) is 40.1 Å². The van der Waals surface area contributed by atoms with E-state index in [1.54, 1.807) is 31.4 Å². The first-order chi connectivity index (χ1) is 20.6. The molecule has 1 aromatic carbocycles. The molecule has 12 nitrogen and oxygen atoms in total. The number of nitrogens with zero attached hydrogens (tertiary/aromatic N) is 4. The van der Waals surface area contributed by atoms with Gasteiger partial charge in [0.15, 0.2) is 11.3 Å². The van der Waals surface area contributed by atoms with Crippen molar-refractivity contribution >= 4 is 23.1 Å². The number of aromatic amines is 1. The lowest BCUT2D eigenvalue weighted by Gasteiger charge is -2.32. The van der Waals surface area contributed by atoms with Crippen LogP contribution in [0.3, 0.4) is 0 Å². The van der Waals surface area contributed by atoms with Crippen molar-refractivity contribution in [3.8, 4) is 17.1 Å². The molecule has 2 aromatic heterocycles. The number of piperidine rings is 1. The van der Waals surface area contributed by atoms with Crippen molar-refractivity contribution in [3.63, 3.8) is 0 Å². The van der Waals surface area contributed by atoms with E-state index in [-0.39, 0.29) is 47.4 Å². The van der Waals surface area contributed by atoms with Gasteiger partial charge in [-0.15, -0.1) is 5.10 Å². The molecule has 3 heterocycles. The Morgan fingerprint density at radius 1 is 1.02 bits per heavy atom. The summed E-state index contributed by atoms with van der Waals surface area (Å²) in [4.78, 5) is 20.9. The number of H-pyrrole nitrogens is 1. The molecular formula is C29H42N5O7PS. The Morgan fingerprint density at radius 2 is 1.70 bits per heavy atom. The van der Waals surface area contributed by atoms with Crippen molar-refractivity contribution in [1.29, 1.82) is 0 Å². The van der Waals surface area contributed by atoms with Crippen LogP contribution >= 0.6 is 7.60 Å². The molecule has 14 heteroatoms. The number of hydrogen-bond donors (Lipinski definition) is 1. The summed E-state index contributed by atoms with van der Waals surface area (Å²) in [6.45, 7) is 8.70. The molecule has 0 atom stereocenters. The van der Waals surface area contributed by atoms with E-state index in [0.717, 1.165) is 31.5 Å². The third-order valence-corrected chi connectivity index (χ3v) is 12.4. The fraction of sp³-hybridized carbons (Fsp3) is 0.621. The molecular weight excluding hydrogens is 593 g/mol. The molecule has 43 heavy (non-hydrogen) atoms. The Bertz CT molecular complexity index is 1650. The predicted octanol–water partition coefficient (Wildman–Crippen LogP) is 5.12. The number of aromatic nitrogens is 4. The van der Waals surface area contributed by atoms with Gasteiger partial charge >= 0.3 is 7.60 Å². The van der Waals surface area contributed by atoms with E-state index in [1.807, 2.05) is 6.92 Å². The normalized spacial score (nSPS) is 17.7. The fourth-order valence-corrected chi connectivity index (χ4v) is 9.80. The highest BCUT2D eigenvalue weighted by molar-refractivity contribution is 7.89. The van der Waals surface area contributed by atoms with E-state index < -0.39 is 17.6 Å². The van der Waals surface area contributed by atoms with Gasteiger partial charge in [-0.25, -0.2) is 17.9 Å². The van der Waals surface area contributed by atoms with Crippen LogP contribution in [0.4, 0.5) is 0 Å². The maximum absolute atomic E-state index is 13.8. The molecule has 1 saturated carbocycles. The van der Waals surface area contributed by atoms with Crippen LogP contribution in [0.1, 0.15) is 76.7 Å². The van der Waals surface area contributed by atoms with E-state index in [1.165, 1.54) is 16.4 Å². The number of sulfonamides is 1. The van der Waals surface area contributed by atoms with Crippen LogP contribution < -0.4 is 10.3 Å². The highest BCUT2D eigenvalue weighted by atomic mass is 32.2. The summed E-state index contributed by atoms with van der Waals surface area (Å²) >= 11 is 0. The molecule has 1 saturated heterocycles. The lowest BCUT2D eigenvalue weighted by atomic mass is 10.0. The minimum absolute atomic E-state index is 0.0278. The lowest BCUT2D eigenvalue weighted by Crippen LogP contribution is -2.39. The number of fused-ring (bicyclic) bond motifs is 1. The molecule has 2 aliphatic rings. The zero-order valence-electron chi connectivity index (χ0n) is 25.4. The first-order valence-corrected chi connectivity index (χ1v) is 18.4. The minimum Gasteiger partial charge on any atom is -0.493 e. The van der Waals surface area contributed by atoms with Gasteiger partial charge in [-0.2, -0.15) is 4.31 Å². The van der Waals surface area contributed by atoms with Crippen LogP contribution in [0.2, 0.25) is 0 Å². The lowest BCUT2D eigenvalue weighted by molar-refractivity contribution is 0.207. The summed E-state index contributed by atoms with van der Waals surface area (Å²) < 4.78 is 60.5. The van der Waals surface area contributed by atoms with E-state index in [9.17, 15) is 17.8 Å². The summed E-state index contributed by atoms with van der Waals surface area (Å²) in [6.07, 6.45) is 5.56. The van der Waals surface area contributed by atoms with Gasteiger partial charge in [0.2, 0.25) is 10.0 Å². The molecule has 0 radical (unpaired) electrons.